The molecule has 8 nitrogen and oxygen atoms in total. The van der Waals surface area contributed by atoms with E-state index in [0.29, 0.717) is 40.9 Å². The van der Waals surface area contributed by atoms with Crippen LogP contribution in [0.25, 0.3) is 11.2 Å². The van der Waals surface area contributed by atoms with Crippen LogP contribution in [-0.2, 0) is 16.6 Å². The summed E-state index contributed by atoms with van der Waals surface area (Å²) in [5.41, 5.74) is 2.75. The van der Waals surface area contributed by atoms with Crippen molar-refractivity contribution in [1.29, 1.82) is 0 Å². The molecule has 2 aromatic carbocycles. The zero-order valence-corrected chi connectivity index (χ0v) is 22.6. The van der Waals surface area contributed by atoms with Crippen molar-refractivity contribution < 1.29 is 17.9 Å². The summed E-state index contributed by atoms with van der Waals surface area (Å²) in [6, 6.07) is 14.9. The summed E-state index contributed by atoms with van der Waals surface area (Å²) in [5, 5.41) is 0.548. The molecule has 0 aliphatic carbocycles. The molecule has 4 rings (SSSR count). The molecule has 0 saturated heterocycles. The molecule has 0 aliphatic heterocycles. The number of nitrogens with one attached hydrogen (secondary N) is 1. The van der Waals surface area contributed by atoms with Crippen LogP contribution in [0.3, 0.4) is 0 Å². The SMILES string of the molecule is CCCCCOc1ccc(Cn2c(C)nc3ccc(C(=O)NS(=O)(=O)c4ccc(C)cc4)nc32)c(Cl)c1.[NaH]. The van der Waals surface area contributed by atoms with Crippen molar-refractivity contribution >= 4 is 68.3 Å². The van der Waals surface area contributed by atoms with Crippen LogP contribution in [0.1, 0.15) is 53.6 Å². The molecule has 4 aromatic rings. The van der Waals surface area contributed by atoms with E-state index in [1.54, 1.807) is 24.3 Å². The number of aromatic nitrogens is 3. The van der Waals surface area contributed by atoms with Crippen molar-refractivity contribution in [2.45, 2.75) is 51.5 Å². The molecular weight excluding hydrogens is 535 g/mol. The molecule has 0 bridgehead atoms. The fraction of sp³-hybridized carbons (Fsp3) is 0.296. The predicted octanol–water partition coefficient (Wildman–Crippen LogP) is 4.79. The summed E-state index contributed by atoms with van der Waals surface area (Å²) in [6.07, 6.45) is 3.23. The quantitative estimate of drug-likeness (QED) is 0.219. The summed E-state index contributed by atoms with van der Waals surface area (Å²) >= 11 is 6.55. The number of unbranched alkanes of at least 4 members (excludes halogenated alkanes) is 2. The average molecular weight is 565 g/mol. The Morgan fingerprint density at radius 2 is 1.76 bits per heavy atom. The van der Waals surface area contributed by atoms with Gasteiger partial charge in [0.1, 0.15) is 22.8 Å². The van der Waals surface area contributed by atoms with Gasteiger partial charge in [-0.15, -0.1) is 0 Å². The van der Waals surface area contributed by atoms with Crippen molar-refractivity contribution in [2.75, 3.05) is 6.61 Å². The van der Waals surface area contributed by atoms with E-state index in [0.717, 1.165) is 30.4 Å². The molecule has 11 heteroatoms. The van der Waals surface area contributed by atoms with E-state index in [-0.39, 0.29) is 40.1 Å². The maximum absolute atomic E-state index is 12.8. The number of carbonyl (C=O) groups is 1. The number of hydrogen-bond donors (Lipinski definition) is 1. The number of fused-ring (bicyclic) bond motifs is 1. The van der Waals surface area contributed by atoms with Gasteiger partial charge in [-0.25, -0.2) is 23.1 Å². The van der Waals surface area contributed by atoms with Gasteiger partial charge in [0.15, 0.2) is 5.65 Å². The minimum absolute atomic E-state index is 0. The minimum atomic E-state index is -4.04. The van der Waals surface area contributed by atoms with E-state index >= 15 is 0 Å². The molecule has 0 aliphatic rings. The average Bonchev–Trinajstić information content (AvgIpc) is 3.17. The Balaban J connectivity index is 0.00000400. The molecule has 0 unspecified atom stereocenters. The molecule has 38 heavy (non-hydrogen) atoms. The van der Waals surface area contributed by atoms with E-state index in [9.17, 15) is 13.2 Å². The molecular formula is C27H30ClN4NaO4S. The normalized spacial score (nSPS) is 11.3. The van der Waals surface area contributed by atoms with Gasteiger partial charge in [-0.3, -0.25) is 4.79 Å². The Bertz CT molecular complexity index is 1540. The van der Waals surface area contributed by atoms with E-state index in [2.05, 4.69) is 21.6 Å². The second kappa shape index (κ2) is 13.1. The number of sulfonamides is 1. The van der Waals surface area contributed by atoms with Gasteiger partial charge in [-0.2, -0.15) is 0 Å². The van der Waals surface area contributed by atoms with Crippen LogP contribution >= 0.6 is 11.6 Å². The zero-order chi connectivity index (χ0) is 26.6. The van der Waals surface area contributed by atoms with Gasteiger partial charge in [0.05, 0.1) is 18.0 Å². The fourth-order valence-corrected chi connectivity index (χ4v) is 5.03. The van der Waals surface area contributed by atoms with Gasteiger partial charge in [-0.05, 0) is 62.2 Å². The number of nitrogens with zero attached hydrogens (tertiary/aromatic N) is 3. The summed E-state index contributed by atoms with van der Waals surface area (Å²) in [5.74, 6) is 0.572. The van der Waals surface area contributed by atoms with Crippen molar-refractivity contribution in [2.24, 2.45) is 0 Å². The van der Waals surface area contributed by atoms with Crippen LogP contribution in [0.15, 0.2) is 59.5 Å². The molecule has 0 radical (unpaired) electrons. The van der Waals surface area contributed by atoms with Crippen LogP contribution < -0.4 is 9.46 Å². The molecule has 0 spiro atoms. The third-order valence-electron chi connectivity index (χ3n) is 5.94. The second-order valence-electron chi connectivity index (χ2n) is 8.84. The summed E-state index contributed by atoms with van der Waals surface area (Å²) < 4.78 is 35.0. The number of rotatable bonds is 10. The Kier molecular flexibility index (Phi) is 10.4. The first-order valence-electron chi connectivity index (χ1n) is 12.1. The van der Waals surface area contributed by atoms with Gasteiger partial charge < -0.3 is 9.30 Å². The molecule has 0 saturated carbocycles. The fourth-order valence-electron chi connectivity index (χ4n) is 3.84. The van der Waals surface area contributed by atoms with Crippen LogP contribution in [0, 0.1) is 13.8 Å². The first kappa shape index (κ1) is 30.1. The number of imidazole rings is 1. The Hall–Kier alpha value is -2.43. The summed E-state index contributed by atoms with van der Waals surface area (Å²) in [7, 11) is -4.04. The van der Waals surface area contributed by atoms with Crippen LogP contribution in [-0.4, -0.2) is 65.0 Å². The standard InChI is InChI=1S/C27H29ClN4O4S.Na.H/c1-4-5-6-15-36-21-10-9-20(23(28)16-21)17-32-19(3)29-24-13-14-25(30-26(24)32)27(33)31-37(34,35)22-11-7-18(2)8-12-22;;/h7-14,16H,4-6,15,17H2,1-3H3,(H,31,33);;. The Labute approximate surface area is 250 Å². The van der Waals surface area contributed by atoms with Crippen LogP contribution in [0.4, 0.5) is 0 Å². The molecule has 2 aromatic heterocycles. The second-order valence-corrected chi connectivity index (χ2v) is 10.9. The zero-order valence-electron chi connectivity index (χ0n) is 21.0. The summed E-state index contributed by atoms with van der Waals surface area (Å²) in [4.78, 5) is 21.8. The third-order valence-corrected chi connectivity index (χ3v) is 7.64. The van der Waals surface area contributed by atoms with Crippen LogP contribution in [0.2, 0.25) is 5.02 Å². The van der Waals surface area contributed by atoms with E-state index in [1.807, 2.05) is 30.5 Å². The molecule has 0 atom stereocenters. The number of halogens is 1. The third kappa shape index (κ3) is 7.15. The van der Waals surface area contributed by atoms with E-state index in [4.69, 9.17) is 16.3 Å². The predicted molar refractivity (Wildman–Crippen MR) is 151 cm³/mol. The number of aryl methyl sites for hydroxylation is 2. The Morgan fingerprint density at radius 3 is 2.45 bits per heavy atom. The van der Waals surface area contributed by atoms with Gasteiger partial charge in [0, 0.05) is 5.02 Å². The van der Waals surface area contributed by atoms with Crippen LogP contribution in [0.5, 0.6) is 5.75 Å². The van der Waals surface area contributed by atoms with Crippen molar-refractivity contribution in [3.8, 4) is 5.75 Å². The van der Waals surface area contributed by atoms with Gasteiger partial charge in [0.2, 0.25) is 0 Å². The van der Waals surface area contributed by atoms with E-state index in [1.165, 1.54) is 18.2 Å². The first-order chi connectivity index (χ1) is 17.7. The van der Waals surface area contributed by atoms with Gasteiger partial charge in [0.25, 0.3) is 15.9 Å². The molecule has 0 fully saturated rings. The number of carbonyl (C=O) groups excluding carboxylic acids is 1. The van der Waals surface area contributed by atoms with Gasteiger partial charge >= 0.3 is 29.6 Å². The number of ether oxygens (including phenoxy) is 1. The monoisotopic (exact) mass is 564 g/mol. The topological polar surface area (TPSA) is 103 Å². The number of benzene rings is 2. The molecule has 1 N–H and O–H groups in total. The number of hydrogen-bond acceptors (Lipinski definition) is 6. The molecule has 2 heterocycles. The van der Waals surface area contributed by atoms with Gasteiger partial charge in [-0.1, -0.05) is 55.1 Å². The molecule has 1 amide bonds. The maximum atomic E-state index is 12.8. The first-order valence-corrected chi connectivity index (χ1v) is 13.9. The Morgan fingerprint density at radius 1 is 1.03 bits per heavy atom. The van der Waals surface area contributed by atoms with E-state index < -0.39 is 15.9 Å². The van der Waals surface area contributed by atoms with Crippen molar-refractivity contribution in [1.82, 2.24) is 19.3 Å². The van der Waals surface area contributed by atoms with Crippen molar-refractivity contribution in [3.05, 3.63) is 82.3 Å². The number of amides is 1. The number of pyridine rings is 1. The summed E-state index contributed by atoms with van der Waals surface area (Å²) in [6.45, 7) is 6.84. The molecule has 196 valence electrons. The van der Waals surface area contributed by atoms with Crippen molar-refractivity contribution in [3.63, 3.8) is 0 Å².